The molecule has 20 heavy (non-hydrogen) atoms. The molecule has 1 aliphatic carbocycles. The van der Waals surface area contributed by atoms with Crippen molar-refractivity contribution in [3.8, 4) is 0 Å². The lowest BCUT2D eigenvalue weighted by Crippen LogP contribution is -2.25. The Hall–Kier alpha value is -1.68. The third kappa shape index (κ3) is 2.75. The maximum atomic E-state index is 13.4. The number of carbonyl (C=O) groups excluding carboxylic acids is 1. The van der Waals surface area contributed by atoms with E-state index in [1.807, 2.05) is 12.1 Å². The lowest BCUT2D eigenvalue weighted by molar-refractivity contribution is 0.0958. The Morgan fingerprint density at radius 2 is 2.15 bits per heavy atom. The van der Waals surface area contributed by atoms with Gasteiger partial charge in [-0.1, -0.05) is 18.2 Å². The van der Waals surface area contributed by atoms with Gasteiger partial charge in [0.1, 0.15) is 5.82 Å². The van der Waals surface area contributed by atoms with Crippen molar-refractivity contribution in [2.24, 2.45) is 0 Å². The Kier molecular flexibility index (Phi) is 3.83. The van der Waals surface area contributed by atoms with Crippen molar-refractivity contribution in [1.82, 2.24) is 5.32 Å². The van der Waals surface area contributed by atoms with Crippen molar-refractivity contribution in [2.45, 2.75) is 25.7 Å². The van der Waals surface area contributed by atoms with E-state index >= 15 is 0 Å². The SMILES string of the molecule is O=C(NCCc1ccccc1F)c1cc2c(s1)CCC2. The molecule has 104 valence electrons. The molecule has 0 spiro atoms. The second kappa shape index (κ2) is 5.75. The highest BCUT2D eigenvalue weighted by Gasteiger charge is 2.18. The lowest BCUT2D eigenvalue weighted by Gasteiger charge is -2.05. The van der Waals surface area contributed by atoms with Crippen molar-refractivity contribution in [3.05, 3.63) is 57.0 Å². The van der Waals surface area contributed by atoms with Crippen molar-refractivity contribution in [2.75, 3.05) is 6.54 Å². The number of hydrogen-bond acceptors (Lipinski definition) is 2. The van der Waals surface area contributed by atoms with Crippen molar-refractivity contribution < 1.29 is 9.18 Å². The summed E-state index contributed by atoms with van der Waals surface area (Å²) in [5.74, 6) is -0.252. The molecule has 0 saturated carbocycles. The summed E-state index contributed by atoms with van der Waals surface area (Å²) in [7, 11) is 0. The number of aryl methyl sites for hydroxylation is 2. The van der Waals surface area contributed by atoms with Crippen LogP contribution in [0.15, 0.2) is 30.3 Å². The molecule has 0 fully saturated rings. The van der Waals surface area contributed by atoms with Crippen LogP contribution in [0.25, 0.3) is 0 Å². The number of amides is 1. The molecule has 1 aromatic heterocycles. The molecule has 2 aromatic rings. The van der Waals surface area contributed by atoms with Crippen LogP contribution in [-0.2, 0) is 19.3 Å². The van der Waals surface area contributed by atoms with Gasteiger partial charge in [-0.2, -0.15) is 0 Å². The highest BCUT2D eigenvalue weighted by atomic mass is 32.1. The number of rotatable bonds is 4. The minimum Gasteiger partial charge on any atom is -0.351 e. The summed E-state index contributed by atoms with van der Waals surface area (Å²) >= 11 is 1.59. The number of thiophene rings is 1. The van der Waals surface area contributed by atoms with Gasteiger partial charge in [0.25, 0.3) is 5.91 Å². The van der Waals surface area contributed by atoms with E-state index in [0.717, 1.165) is 17.7 Å². The molecule has 0 radical (unpaired) electrons. The summed E-state index contributed by atoms with van der Waals surface area (Å²) in [5, 5.41) is 2.87. The van der Waals surface area contributed by atoms with Crippen LogP contribution in [0.5, 0.6) is 0 Å². The Morgan fingerprint density at radius 1 is 1.30 bits per heavy atom. The van der Waals surface area contributed by atoms with Crippen LogP contribution in [0, 0.1) is 5.82 Å². The van der Waals surface area contributed by atoms with Crippen LogP contribution in [0.4, 0.5) is 4.39 Å². The molecule has 1 aromatic carbocycles. The molecule has 1 amide bonds. The molecule has 1 aliphatic rings. The zero-order valence-electron chi connectivity index (χ0n) is 11.1. The summed E-state index contributed by atoms with van der Waals surface area (Å²) in [6, 6.07) is 8.68. The zero-order chi connectivity index (χ0) is 13.9. The van der Waals surface area contributed by atoms with Gasteiger partial charge in [-0.3, -0.25) is 4.79 Å². The van der Waals surface area contributed by atoms with E-state index in [-0.39, 0.29) is 11.7 Å². The van der Waals surface area contributed by atoms with Crippen LogP contribution in [0.3, 0.4) is 0 Å². The number of fused-ring (bicyclic) bond motifs is 1. The van der Waals surface area contributed by atoms with Crippen molar-refractivity contribution in [1.29, 1.82) is 0 Å². The van der Waals surface area contributed by atoms with Gasteiger partial charge in [0.2, 0.25) is 0 Å². The number of nitrogens with one attached hydrogen (secondary N) is 1. The van der Waals surface area contributed by atoms with Gasteiger partial charge in [0.15, 0.2) is 0 Å². The van der Waals surface area contributed by atoms with Crippen LogP contribution in [0.1, 0.15) is 32.1 Å². The highest BCUT2D eigenvalue weighted by molar-refractivity contribution is 7.14. The average molecular weight is 289 g/mol. The number of hydrogen-bond donors (Lipinski definition) is 1. The molecule has 1 heterocycles. The predicted octanol–water partition coefficient (Wildman–Crippen LogP) is 3.35. The zero-order valence-corrected chi connectivity index (χ0v) is 11.9. The normalized spacial score (nSPS) is 13.2. The predicted molar refractivity (Wildman–Crippen MR) is 78.8 cm³/mol. The standard InChI is InChI=1S/C16H16FNOS/c17-13-6-2-1-4-11(13)8-9-18-16(19)15-10-12-5-3-7-14(12)20-15/h1-2,4,6,10H,3,5,7-9H2,(H,18,19). The average Bonchev–Trinajstić information content (AvgIpc) is 3.01. The van der Waals surface area contributed by atoms with E-state index in [4.69, 9.17) is 0 Å². The van der Waals surface area contributed by atoms with Gasteiger partial charge in [0.05, 0.1) is 4.88 Å². The van der Waals surface area contributed by atoms with Gasteiger partial charge in [-0.05, 0) is 48.9 Å². The molecule has 0 atom stereocenters. The molecular formula is C16H16FNOS. The van der Waals surface area contributed by atoms with Crippen LogP contribution >= 0.6 is 11.3 Å². The monoisotopic (exact) mass is 289 g/mol. The second-order valence-electron chi connectivity index (χ2n) is 5.01. The quantitative estimate of drug-likeness (QED) is 0.919. The van der Waals surface area contributed by atoms with Gasteiger partial charge >= 0.3 is 0 Å². The van der Waals surface area contributed by atoms with E-state index < -0.39 is 0 Å². The van der Waals surface area contributed by atoms with Crippen LogP contribution < -0.4 is 5.32 Å². The fraction of sp³-hybridized carbons (Fsp3) is 0.312. The molecule has 4 heteroatoms. The maximum absolute atomic E-state index is 13.4. The van der Waals surface area contributed by atoms with E-state index in [1.165, 1.54) is 22.9 Å². The Labute approximate surface area is 121 Å². The summed E-state index contributed by atoms with van der Waals surface area (Å²) in [6.07, 6.45) is 3.91. The fourth-order valence-electron chi connectivity index (χ4n) is 2.54. The summed E-state index contributed by atoms with van der Waals surface area (Å²) in [4.78, 5) is 14.2. The maximum Gasteiger partial charge on any atom is 0.261 e. The Balaban J connectivity index is 1.56. The third-order valence-electron chi connectivity index (χ3n) is 3.61. The molecule has 1 N–H and O–H groups in total. The first-order chi connectivity index (χ1) is 9.74. The molecule has 3 rings (SSSR count). The minimum absolute atomic E-state index is 0.0410. The van der Waals surface area contributed by atoms with Crippen molar-refractivity contribution >= 4 is 17.2 Å². The first kappa shape index (κ1) is 13.3. The molecular weight excluding hydrogens is 273 g/mol. The molecule has 0 bridgehead atoms. The highest BCUT2D eigenvalue weighted by Crippen LogP contribution is 2.30. The fourth-order valence-corrected chi connectivity index (χ4v) is 3.71. The molecule has 2 nitrogen and oxygen atoms in total. The van der Waals surface area contributed by atoms with Crippen LogP contribution in [0.2, 0.25) is 0 Å². The van der Waals surface area contributed by atoms with Gasteiger partial charge in [0, 0.05) is 11.4 Å². The van der Waals surface area contributed by atoms with E-state index in [0.29, 0.717) is 18.5 Å². The largest absolute Gasteiger partial charge is 0.351 e. The van der Waals surface area contributed by atoms with Gasteiger partial charge in [-0.15, -0.1) is 11.3 Å². The first-order valence-electron chi connectivity index (χ1n) is 6.87. The molecule has 0 saturated heterocycles. The van der Waals surface area contributed by atoms with E-state index in [2.05, 4.69) is 5.32 Å². The smallest absolute Gasteiger partial charge is 0.261 e. The third-order valence-corrected chi connectivity index (χ3v) is 4.84. The number of benzene rings is 1. The van der Waals surface area contributed by atoms with Crippen LogP contribution in [-0.4, -0.2) is 12.5 Å². The first-order valence-corrected chi connectivity index (χ1v) is 7.69. The topological polar surface area (TPSA) is 29.1 Å². The van der Waals surface area contributed by atoms with Crippen molar-refractivity contribution in [3.63, 3.8) is 0 Å². The summed E-state index contributed by atoms with van der Waals surface area (Å²) < 4.78 is 13.4. The Bertz CT molecular complexity index is 614. The molecule has 0 unspecified atom stereocenters. The summed E-state index contributed by atoms with van der Waals surface area (Å²) in [5.41, 5.74) is 1.97. The molecule has 0 aliphatic heterocycles. The number of halogens is 1. The minimum atomic E-state index is -0.211. The Morgan fingerprint density at radius 3 is 2.95 bits per heavy atom. The number of carbonyl (C=O) groups is 1. The summed E-state index contributed by atoms with van der Waals surface area (Å²) in [6.45, 7) is 0.461. The van der Waals surface area contributed by atoms with Gasteiger partial charge < -0.3 is 5.32 Å². The van der Waals surface area contributed by atoms with E-state index in [9.17, 15) is 9.18 Å². The second-order valence-corrected chi connectivity index (χ2v) is 6.15. The lowest BCUT2D eigenvalue weighted by atomic mass is 10.1. The van der Waals surface area contributed by atoms with Gasteiger partial charge in [-0.25, -0.2) is 4.39 Å². The van der Waals surface area contributed by atoms with E-state index in [1.54, 1.807) is 23.5 Å².